The second-order valence-corrected chi connectivity index (χ2v) is 8.54. The van der Waals surface area contributed by atoms with Crippen LogP contribution in [-0.4, -0.2) is 66.6 Å². The van der Waals surface area contributed by atoms with Gasteiger partial charge in [-0.05, 0) is 32.5 Å². The normalized spacial score (nSPS) is 17.1. The molecule has 0 unspecified atom stereocenters. The van der Waals surface area contributed by atoms with Gasteiger partial charge in [-0.15, -0.1) is 0 Å². The van der Waals surface area contributed by atoms with E-state index in [9.17, 15) is 0 Å². The van der Waals surface area contributed by atoms with E-state index in [2.05, 4.69) is 42.8 Å². The third-order valence-corrected chi connectivity index (χ3v) is 5.51. The van der Waals surface area contributed by atoms with Gasteiger partial charge in [-0.25, -0.2) is 5.43 Å². The summed E-state index contributed by atoms with van der Waals surface area (Å²) in [6.45, 7) is 3.50. The number of nitrogens with one attached hydrogen (secondary N) is 2. The maximum atomic E-state index is 5.81. The first-order valence-electron chi connectivity index (χ1n) is 7.93. The highest BCUT2D eigenvalue weighted by Crippen LogP contribution is 2.16. The highest BCUT2D eigenvalue weighted by molar-refractivity contribution is 7.98. The molecule has 0 saturated carbocycles. The van der Waals surface area contributed by atoms with E-state index in [0.29, 0.717) is 0 Å². The fourth-order valence-electron chi connectivity index (χ4n) is 2.06. The van der Waals surface area contributed by atoms with Crippen LogP contribution in [0.15, 0.2) is 21.5 Å². The van der Waals surface area contributed by atoms with Gasteiger partial charge >= 0.3 is 0 Å². The van der Waals surface area contributed by atoms with Crippen LogP contribution in [0.5, 0.6) is 0 Å². The summed E-state index contributed by atoms with van der Waals surface area (Å²) in [6, 6.07) is 4.15. The molecule has 24 heavy (non-hydrogen) atoms. The highest BCUT2D eigenvalue weighted by atomic mass is 32.2. The number of hydrazine groups is 1. The third-order valence-electron chi connectivity index (χ3n) is 3.13. The Labute approximate surface area is 157 Å². The molecule has 2 heterocycles. The molecule has 0 atom stereocenters. The van der Waals surface area contributed by atoms with Crippen LogP contribution in [0.3, 0.4) is 0 Å². The Morgan fingerprint density at radius 1 is 1.38 bits per heavy atom. The van der Waals surface area contributed by atoms with Gasteiger partial charge in [0.15, 0.2) is 0 Å². The molecule has 9 heteroatoms. The summed E-state index contributed by atoms with van der Waals surface area (Å²) in [5.74, 6) is 6.17. The van der Waals surface area contributed by atoms with E-state index in [1.165, 1.54) is 0 Å². The lowest BCUT2D eigenvalue weighted by molar-refractivity contribution is 0.344. The first-order valence-corrected chi connectivity index (χ1v) is 11.3. The summed E-state index contributed by atoms with van der Waals surface area (Å²) in [4.78, 5) is 6.64. The molecule has 2 N–H and O–H groups in total. The molecule has 1 aliphatic heterocycles. The second kappa shape index (κ2) is 11.3. The molecule has 1 aromatic rings. The highest BCUT2D eigenvalue weighted by Gasteiger charge is 2.17. The van der Waals surface area contributed by atoms with Gasteiger partial charge in [-0.2, -0.15) is 27.9 Å². The predicted molar refractivity (Wildman–Crippen MR) is 108 cm³/mol. The maximum Gasteiger partial charge on any atom is 0.124 e. The Kier molecular flexibility index (Phi) is 9.44. The lowest BCUT2D eigenvalue weighted by Crippen LogP contribution is -2.33. The summed E-state index contributed by atoms with van der Waals surface area (Å²) in [7, 11) is 4.10. The van der Waals surface area contributed by atoms with E-state index in [1.54, 1.807) is 12.1 Å². The molecule has 2 rings (SSSR count). The fraction of sp³-hybridized carbons (Fsp3) is 0.667. The minimum Gasteiger partial charge on any atom is -0.464 e. The number of hydrogen-bond donors (Lipinski definition) is 2. The number of rotatable bonds is 11. The van der Waals surface area contributed by atoms with Crippen LogP contribution in [0.2, 0.25) is 0 Å². The van der Waals surface area contributed by atoms with Crippen molar-refractivity contribution in [1.29, 1.82) is 0 Å². The quantitative estimate of drug-likeness (QED) is 0.442. The zero-order valence-corrected chi connectivity index (χ0v) is 17.0. The molecule has 6 nitrogen and oxygen atoms in total. The topological polar surface area (TPSA) is 56.0 Å². The molecule has 0 radical (unpaired) electrons. The molecule has 136 valence electrons. The number of furan rings is 1. The lowest BCUT2D eigenvalue weighted by atomic mass is 10.4. The van der Waals surface area contributed by atoms with Crippen LogP contribution >= 0.6 is 35.7 Å². The Hall–Kier alpha value is -0.320. The van der Waals surface area contributed by atoms with E-state index in [0.717, 1.165) is 60.8 Å². The number of aliphatic imine (C=N–C) groups is 1. The van der Waals surface area contributed by atoms with Crippen molar-refractivity contribution >= 4 is 41.5 Å². The average Bonchev–Trinajstić information content (AvgIpc) is 3.16. The molecule has 0 spiro atoms. The van der Waals surface area contributed by atoms with Gasteiger partial charge in [0, 0.05) is 18.1 Å². The summed E-state index contributed by atoms with van der Waals surface area (Å²) in [5, 5.41) is 0. The van der Waals surface area contributed by atoms with Crippen molar-refractivity contribution in [2.24, 2.45) is 4.99 Å². The molecule has 0 aromatic carbocycles. The van der Waals surface area contributed by atoms with Crippen LogP contribution in [0, 0.1) is 0 Å². The van der Waals surface area contributed by atoms with Gasteiger partial charge in [0.1, 0.15) is 17.4 Å². The minimum absolute atomic E-state index is 0.829. The molecule has 0 aliphatic carbocycles. The van der Waals surface area contributed by atoms with E-state index >= 15 is 0 Å². The standard InChI is InChI=1S/C15H27N5OS3/c1-19(2)10-13-4-5-14(21-13)12-23-9-7-17-20-11-15(18-24-20)16-6-8-22-3/h4-5,17H,6-12H2,1-3H3,(H,16,18). The number of thioether (sulfide) groups is 2. The predicted octanol–water partition coefficient (Wildman–Crippen LogP) is 2.31. The first kappa shape index (κ1) is 20.0. The van der Waals surface area contributed by atoms with Crippen LogP contribution in [0.1, 0.15) is 11.5 Å². The van der Waals surface area contributed by atoms with Crippen LogP contribution in [0.25, 0.3) is 0 Å². The average molecular weight is 390 g/mol. The van der Waals surface area contributed by atoms with Crippen molar-refractivity contribution in [3.8, 4) is 0 Å². The SMILES string of the molecule is CSCCN=C1CN(NCCSCc2ccc(CN(C)C)o2)SN1. The Bertz CT molecular complexity index is 509. The van der Waals surface area contributed by atoms with E-state index in [1.807, 2.05) is 37.6 Å². The Morgan fingerprint density at radius 3 is 3.00 bits per heavy atom. The Morgan fingerprint density at radius 2 is 2.21 bits per heavy atom. The summed E-state index contributed by atoms with van der Waals surface area (Å²) in [6.07, 6.45) is 2.11. The molecule has 1 aromatic heterocycles. The van der Waals surface area contributed by atoms with Crippen molar-refractivity contribution in [2.45, 2.75) is 12.3 Å². The minimum atomic E-state index is 0.829. The molecule has 1 aliphatic rings. The van der Waals surface area contributed by atoms with Gasteiger partial charge in [-0.3, -0.25) is 4.99 Å². The van der Waals surface area contributed by atoms with Gasteiger partial charge in [0.05, 0.1) is 37.5 Å². The summed E-state index contributed by atoms with van der Waals surface area (Å²) < 4.78 is 11.2. The molecule has 0 bridgehead atoms. The Balaban J connectivity index is 1.54. The van der Waals surface area contributed by atoms with Crippen molar-refractivity contribution < 1.29 is 4.42 Å². The zero-order valence-electron chi connectivity index (χ0n) is 14.6. The number of amidine groups is 1. The first-order chi connectivity index (χ1) is 11.7. The molecule has 0 amide bonds. The second-order valence-electron chi connectivity index (χ2n) is 5.62. The number of hydrogen-bond acceptors (Lipinski definition) is 8. The molecule has 1 saturated heterocycles. The smallest absolute Gasteiger partial charge is 0.124 e. The van der Waals surface area contributed by atoms with Crippen LogP contribution in [0.4, 0.5) is 0 Å². The van der Waals surface area contributed by atoms with Crippen molar-refractivity contribution in [2.75, 3.05) is 51.5 Å². The van der Waals surface area contributed by atoms with Crippen molar-refractivity contribution in [3.63, 3.8) is 0 Å². The molecule has 1 fully saturated rings. The largest absolute Gasteiger partial charge is 0.464 e. The molecular formula is C15H27N5OS3. The van der Waals surface area contributed by atoms with Crippen LogP contribution < -0.4 is 10.1 Å². The maximum absolute atomic E-state index is 5.81. The van der Waals surface area contributed by atoms with Crippen molar-refractivity contribution in [1.82, 2.24) is 19.5 Å². The van der Waals surface area contributed by atoms with Gasteiger partial charge in [-0.1, -0.05) is 0 Å². The van der Waals surface area contributed by atoms with Crippen molar-refractivity contribution in [3.05, 3.63) is 23.7 Å². The van der Waals surface area contributed by atoms with E-state index in [-0.39, 0.29) is 0 Å². The van der Waals surface area contributed by atoms with E-state index in [4.69, 9.17) is 4.42 Å². The summed E-state index contributed by atoms with van der Waals surface area (Å²) >= 11 is 5.28. The van der Waals surface area contributed by atoms with Crippen LogP contribution in [-0.2, 0) is 12.3 Å². The lowest BCUT2D eigenvalue weighted by Gasteiger charge is -2.12. The monoisotopic (exact) mass is 389 g/mol. The fourth-order valence-corrected chi connectivity index (χ4v) is 3.76. The molecular weight excluding hydrogens is 362 g/mol. The summed E-state index contributed by atoms with van der Waals surface area (Å²) in [5.41, 5.74) is 3.41. The number of nitrogens with zero attached hydrogens (tertiary/aromatic N) is 3. The van der Waals surface area contributed by atoms with Gasteiger partial charge in [0.25, 0.3) is 0 Å². The van der Waals surface area contributed by atoms with E-state index < -0.39 is 0 Å². The zero-order chi connectivity index (χ0) is 17.2. The van der Waals surface area contributed by atoms with Gasteiger partial charge in [0.2, 0.25) is 0 Å². The van der Waals surface area contributed by atoms with Gasteiger partial charge < -0.3 is 14.0 Å². The third kappa shape index (κ3) is 7.71.